The lowest BCUT2D eigenvalue weighted by Crippen LogP contribution is -2.36. The van der Waals surface area contributed by atoms with E-state index in [0.29, 0.717) is 112 Å². The Morgan fingerprint density at radius 1 is 0.390 bits per heavy atom. The van der Waals surface area contributed by atoms with E-state index >= 15 is 0 Å². The number of amides is 2. The van der Waals surface area contributed by atoms with Crippen LogP contribution >= 0.6 is 47.8 Å². The number of nitrogen functional groups attached to an aromatic ring is 2. The number of nitrogens with zero attached hydrogens (tertiary/aromatic N) is 11. The molecule has 5 saturated heterocycles. The number of hydrogen-bond acceptors (Lipinski definition) is 25. The van der Waals surface area contributed by atoms with Crippen molar-refractivity contribution in [3.05, 3.63) is 241 Å². The van der Waals surface area contributed by atoms with Gasteiger partial charge in [0.15, 0.2) is 0 Å². The van der Waals surface area contributed by atoms with Crippen LogP contribution in [0.2, 0.25) is 0 Å². The van der Waals surface area contributed by atoms with Crippen LogP contribution in [-0.2, 0) is 36.0 Å². The number of morpholine rings is 5. The number of benzene rings is 5. The van der Waals surface area contributed by atoms with Crippen LogP contribution in [0.4, 0.5) is 86.3 Å². The Bertz CT molecular complexity index is 5550. The fourth-order valence-electron chi connectivity index (χ4n) is 14.4. The second-order valence-corrected chi connectivity index (χ2v) is 34.2. The number of rotatable bonds is 24. The van der Waals surface area contributed by atoms with Crippen molar-refractivity contribution in [3.8, 4) is 56.9 Å². The van der Waals surface area contributed by atoms with E-state index < -0.39 is 47.2 Å². The highest BCUT2D eigenvalue weighted by Crippen LogP contribution is 2.41. The van der Waals surface area contributed by atoms with E-state index in [-0.39, 0.29) is 30.0 Å². The summed E-state index contributed by atoms with van der Waals surface area (Å²) in [5.41, 5.74) is 23.7. The Kier molecular flexibility index (Phi) is 40.1. The number of hydrogen-bond donors (Lipinski definition) is 5. The van der Waals surface area contributed by atoms with Gasteiger partial charge >= 0.3 is 12.4 Å². The number of carbonyl (C=O) groups is 2. The monoisotopic (exact) mass is 2080 g/mol. The zero-order chi connectivity index (χ0) is 97.3. The maximum Gasteiger partial charge on any atom is 0.416 e. The van der Waals surface area contributed by atoms with Gasteiger partial charge in [-0.25, -0.2) is 29.9 Å². The molecular formula is C98H110Br3F8N15O12. The Balaban J connectivity index is 0.000000165. The van der Waals surface area contributed by atoms with Crippen molar-refractivity contribution in [2.45, 2.75) is 73.2 Å². The molecule has 2 amide bonds. The molecule has 6 aromatic heterocycles. The Morgan fingerprint density at radius 3 is 1.04 bits per heavy atom. The van der Waals surface area contributed by atoms with Crippen molar-refractivity contribution in [1.82, 2.24) is 29.9 Å². The number of aliphatic hydroxyl groups is 1. The van der Waals surface area contributed by atoms with Gasteiger partial charge < -0.3 is 94.3 Å². The lowest BCUT2D eigenvalue weighted by atomic mass is 10.0. The third-order valence-electron chi connectivity index (χ3n) is 21.4. The van der Waals surface area contributed by atoms with E-state index in [2.05, 4.69) is 141 Å². The van der Waals surface area contributed by atoms with Crippen LogP contribution in [0.3, 0.4) is 0 Å². The van der Waals surface area contributed by atoms with Crippen LogP contribution in [0.15, 0.2) is 190 Å². The molecule has 7 N–H and O–H groups in total. The average molecular weight is 2080 g/mol. The van der Waals surface area contributed by atoms with E-state index in [0.717, 1.165) is 210 Å². The second-order valence-electron chi connectivity index (χ2n) is 31.4. The topological polar surface area (TPSA) is 307 Å². The summed E-state index contributed by atoms with van der Waals surface area (Å²) in [7, 11) is 0. The summed E-state index contributed by atoms with van der Waals surface area (Å²) in [6, 6.07) is 36.6. The van der Waals surface area contributed by atoms with Crippen LogP contribution in [0.25, 0.3) is 33.4 Å². The smallest absolute Gasteiger partial charge is 0.416 e. The quantitative estimate of drug-likeness (QED) is 0.0213. The van der Waals surface area contributed by atoms with Gasteiger partial charge in [-0.2, -0.15) is 35.1 Å². The molecule has 27 nitrogen and oxygen atoms in total. The third-order valence-corrected chi connectivity index (χ3v) is 22.7. The molecule has 0 atom stereocenters. The minimum atomic E-state index is -4.54. The van der Waals surface area contributed by atoms with Crippen molar-refractivity contribution < 1.29 is 92.5 Å². The molecule has 726 valence electrons. The molecule has 0 radical (unpaired) electrons. The first-order chi connectivity index (χ1) is 65.5. The zero-order valence-electron chi connectivity index (χ0n) is 76.2. The Labute approximate surface area is 810 Å². The van der Waals surface area contributed by atoms with Gasteiger partial charge in [-0.05, 0) is 230 Å². The van der Waals surface area contributed by atoms with Crippen molar-refractivity contribution >= 4 is 111 Å². The number of aliphatic hydroxyl groups excluding tert-OH is 1. The molecule has 0 aliphatic carbocycles. The number of carbonyl (C=O) groups excluding carboxylic acids is 2. The molecule has 11 heterocycles. The maximum atomic E-state index is 13.3. The summed E-state index contributed by atoms with van der Waals surface area (Å²) in [6.45, 7) is 28.4. The predicted molar refractivity (Wildman–Crippen MR) is 522 cm³/mol. The Morgan fingerprint density at radius 2 is 0.699 bits per heavy atom. The first kappa shape index (κ1) is 105. The van der Waals surface area contributed by atoms with E-state index in [4.69, 9.17) is 59.2 Å². The summed E-state index contributed by atoms with van der Waals surface area (Å²) in [6.07, 6.45) is 3.58. The van der Waals surface area contributed by atoms with Gasteiger partial charge in [-0.3, -0.25) is 9.59 Å². The standard InChI is InChI=1S/C27H28F3N3O3.C26H26F3N3O4.C19H25N3O2.C12H17BrN2O2.C9H10BrFN2O.C5H4BrFN2/c1-3-11-36-26-24(33-9-12-35-13-10-33)15-20(17-31-26)23-16-22(8-7-18(23)2)32-25(34)19-5-4-6-21(14-19)27(28,29)30;1-17-5-6-21(31-24(34)18-3-2-4-20(13-18)26(27,28)29)15-22(17)19-14-23(32-7-10-35-11-8-32)25(30-16-19)36-12-9-33;1-3-8-24-19-18(22-6-9-23-10-7-22)11-15(13-21-19)17-12-16(20)5-4-14(17)2;1-2-5-17-12-11(8-10(13)9-14-12)15-3-6-16-7-4-15;10-7-5-8(9(11)12-6-7)13-1-3-14-4-2-13;6-3-1-4(8)5(7)9-2-3/h4-8,14-17H,3,9-13H2,1-2H3,(H,32,34);2-6,13-16,33H,7-12H2,1H3,(H,31,34);4-5,11-13H,3,6-10,20H2,1-2H3;8-9H,2-7H2,1H3;5-6H,1-4H2;1-2H,8H2. The number of ether oxygens (including phenoxy) is 9. The van der Waals surface area contributed by atoms with Crippen molar-refractivity contribution in [2.75, 3.05) is 211 Å². The molecular weight excluding hydrogens is 1970 g/mol. The summed E-state index contributed by atoms with van der Waals surface area (Å²) >= 11 is 9.82. The fraction of sp³-hybridized carbons (Fsp3) is 0.367. The lowest BCUT2D eigenvalue weighted by molar-refractivity contribution is -0.138. The second kappa shape index (κ2) is 52.1. The van der Waals surface area contributed by atoms with Crippen LogP contribution in [0.5, 0.6) is 23.5 Å². The number of pyridine rings is 6. The molecule has 136 heavy (non-hydrogen) atoms. The van der Waals surface area contributed by atoms with Crippen molar-refractivity contribution in [1.29, 1.82) is 0 Å². The molecule has 5 aromatic carbocycles. The maximum absolute atomic E-state index is 13.3. The first-order valence-corrected chi connectivity index (χ1v) is 46.7. The number of nitrogens with two attached hydrogens (primary N) is 2. The molecule has 16 rings (SSSR count). The molecule has 5 aliphatic heterocycles. The number of alkyl halides is 6. The molecule has 0 bridgehead atoms. The summed E-state index contributed by atoms with van der Waals surface area (Å²) in [4.78, 5) is 61.1. The molecule has 38 heteroatoms. The zero-order valence-corrected chi connectivity index (χ0v) is 81.0. The predicted octanol–water partition coefficient (Wildman–Crippen LogP) is 19.6. The molecule has 0 unspecified atom stereocenters. The van der Waals surface area contributed by atoms with Gasteiger partial charge in [0, 0.05) is 161 Å². The van der Waals surface area contributed by atoms with Gasteiger partial charge in [0.2, 0.25) is 35.4 Å². The van der Waals surface area contributed by atoms with Gasteiger partial charge in [0.05, 0.1) is 115 Å². The first-order valence-electron chi connectivity index (χ1n) is 44.3. The number of halogens is 11. The lowest BCUT2D eigenvalue weighted by Gasteiger charge is -2.30. The fourth-order valence-corrected chi connectivity index (χ4v) is 15.4. The van der Waals surface area contributed by atoms with E-state index in [1.807, 2.05) is 74.3 Å². The number of aryl methyl sites for hydroxylation is 3. The van der Waals surface area contributed by atoms with Crippen LogP contribution < -0.4 is 65.5 Å². The van der Waals surface area contributed by atoms with Gasteiger partial charge in [-0.1, -0.05) is 51.1 Å². The number of nitrogens with one attached hydrogen (secondary N) is 2. The minimum Gasteiger partial charge on any atom is -0.476 e. The van der Waals surface area contributed by atoms with Gasteiger partial charge in [0.1, 0.15) is 29.4 Å². The molecule has 5 aliphatic rings. The van der Waals surface area contributed by atoms with Gasteiger partial charge in [-0.15, -0.1) is 0 Å². The normalized spacial score (nSPS) is 14.4. The molecule has 0 spiro atoms. The van der Waals surface area contributed by atoms with Crippen LogP contribution in [-0.4, -0.2) is 211 Å². The largest absolute Gasteiger partial charge is 0.476 e. The van der Waals surface area contributed by atoms with E-state index in [1.54, 1.807) is 48.9 Å². The number of anilines is 9. The van der Waals surface area contributed by atoms with E-state index in [1.165, 1.54) is 48.3 Å². The molecule has 11 aromatic rings. The highest BCUT2D eigenvalue weighted by Gasteiger charge is 2.33. The number of aromatic nitrogens is 6. The highest BCUT2D eigenvalue weighted by atomic mass is 79.9. The molecule has 0 saturated carbocycles. The minimum absolute atomic E-state index is 0.0596. The van der Waals surface area contributed by atoms with Crippen LogP contribution in [0, 0.1) is 32.7 Å². The van der Waals surface area contributed by atoms with Gasteiger partial charge in [0.25, 0.3) is 11.8 Å². The van der Waals surface area contributed by atoms with Crippen molar-refractivity contribution in [2.24, 2.45) is 0 Å². The Hall–Kier alpha value is -11.6. The third kappa shape index (κ3) is 30.9. The summed E-state index contributed by atoms with van der Waals surface area (Å²) in [5, 5.41) is 14.6. The molecule has 5 fully saturated rings. The van der Waals surface area contributed by atoms with Crippen LogP contribution in [0.1, 0.15) is 88.6 Å². The summed E-state index contributed by atoms with van der Waals surface area (Å²) in [5.74, 6) is 0.0759. The van der Waals surface area contributed by atoms with E-state index in [9.17, 15) is 44.7 Å². The van der Waals surface area contributed by atoms with Crippen molar-refractivity contribution in [3.63, 3.8) is 0 Å². The average Bonchev–Trinajstić information content (AvgIpc) is 0.801. The summed E-state index contributed by atoms with van der Waals surface area (Å²) < 4.78 is 156. The highest BCUT2D eigenvalue weighted by molar-refractivity contribution is 9.11. The SMILES string of the molecule is CCCOc1ncc(-c2cc(N)ccc2C)cc1N1CCOCC1.CCCOc1ncc(-c2cc(NC(=O)c3cccc(C(F)(F)F)c3)ccc2C)cc1N1CCOCC1.CCCOc1ncc(Br)cc1N1CCOCC1.Cc1ccc(NC(=O)c2cccc(C(F)(F)F)c2)cc1-c1cnc(OCCO)c(N2CCOCC2)c1.Fc1ncc(Br)cc1N1CCOCC1.Nc1cc(Br)cnc1F.